The van der Waals surface area contributed by atoms with Crippen molar-refractivity contribution in [2.24, 2.45) is 0 Å². The fourth-order valence-corrected chi connectivity index (χ4v) is 2.15. The van der Waals surface area contributed by atoms with E-state index in [0.29, 0.717) is 18.9 Å². The number of benzene rings is 1. The second kappa shape index (κ2) is 6.47. The lowest BCUT2D eigenvalue weighted by Gasteiger charge is -2.19. The Morgan fingerprint density at radius 3 is 2.90 bits per heavy atom. The maximum absolute atomic E-state index is 11.5. The molecule has 1 aromatic carbocycles. The Bertz CT molecular complexity index is 631. The number of oxazole rings is 1. The van der Waals surface area contributed by atoms with Crippen molar-refractivity contribution in [2.75, 3.05) is 6.54 Å². The lowest BCUT2D eigenvalue weighted by atomic mass is 10.2. The third kappa shape index (κ3) is 5.04. The molecule has 2 aromatic rings. The van der Waals surface area contributed by atoms with Crippen molar-refractivity contribution in [2.45, 2.75) is 39.2 Å². The third-order valence-electron chi connectivity index (χ3n) is 2.63. The van der Waals surface area contributed by atoms with Crippen molar-refractivity contribution in [3.05, 3.63) is 28.6 Å². The molecule has 0 aliphatic rings. The van der Waals surface area contributed by atoms with Gasteiger partial charge in [0.1, 0.15) is 11.1 Å². The predicted octanol–water partition coefficient (Wildman–Crippen LogP) is 4.05. The minimum absolute atomic E-state index is 0.399. The molecule has 0 bridgehead atoms. The van der Waals surface area contributed by atoms with Gasteiger partial charge in [0.15, 0.2) is 11.5 Å². The van der Waals surface area contributed by atoms with Crippen LogP contribution in [0.25, 0.3) is 11.1 Å². The maximum Gasteiger partial charge on any atom is 0.407 e. The molecule has 6 heteroatoms. The summed E-state index contributed by atoms with van der Waals surface area (Å²) in [5.41, 5.74) is 1.13. The third-order valence-corrected chi connectivity index (χ3v) is 3.12. The number of nitrogens with one attached hydrogen (secondary N) is 1. The summed E-state index contributed by atoms with van der Waals surface area (Å²) < 4.78 is 11.8. The number of ether oxygens (including phenoxy) is 1. The van der Waals surface area contributed by atoms with Gasteiger partial charge in [-0.25, -0.2) is 9.78 Å². The van der Waals surface area contributed by atoms with Crippen molar-refractivity contribution >= 4 is 33.1 Å². The minimum atomic E-state index is -0.474. The van der Waals surface area contributed by atoms with Gasteiger partial charge >= 0.3 is 6.09 Å². The van der Waals surface area contributed by atoms with Crippen LogP contribution in [0.1, 0.15) is 33.1 Å². The monoisotopic (exact) mass is 354 g/mol. The molecule has 0 radical (unpaired) electrons. The summed E-state index contributed by atoms with van der Waals surface area (Å²) in [4.78, 5) is 15.9. The molecule has 1 heterocycles. The number of fused-ring (bicyclic) bond motifs is 1. The molecule has 1 aromatic heterocycles. The van der Waals surface area contributed by atoms with E-state index in [0.717, 1.165) is 22.0 Å². The SMILES string of the molecule is CC(C)(C)OC(=O)NCCCc1nc2cc(Br)ccc2o1. The molecule has 0 saturated carbocycles. The van der Waals surface area contributed by atoms with Crippen molar-refractivity contribution in [3.63, 3.8) is 0 Å². The standard InChI is InChI=1S/C15H19BrN2O3/c1-15(2,3)21-14(19)17-8-4-5-13-18-11-9-10(16)6-7-12(11)20-13/h6-7,9H,4-5,8H2,1-3H3,(H,17,19). The van der Waals surface area contributed by atoms with Crippen molar-refractivity contribution in [3.8, 4) is 0 Å². The number of amides is 1. The average molecular weight is 355 g/mol. The number of aromatic nitrogens is 1. The summed E-state index contributed by atoms with van der Waals surface area (Å²) in [7, 11) is 0. The molecule has 0 saturated heterocycles. The molecular formula is C15H19BrN2O3. The Hall–Kier alpha value is -1.56. The first kappa shape index (κ1) is 15.8. The molecule has 0 fully saturated rings. The van der Waals surface area contributed by atoms with Gasteiger partial charge in [-0.15, -0.1) is 0 Å². The molecule has 0 atom stereocenters. The molecule has 0 spiro atoms. The summed E-state index contributed by atoms with van der Waals surface area (Å²) in [6.45, 7) is 6.03. The molecule has 0 unspecified atom stereocenters. The van der Waals surface area contributed by atoms with Crippen LogP contribution in [0.4, 0.5) is 4.79 Å². The number of carbonyl (C=O) groups excluding carboxylic acids is 1. The van der Waals surface area contributed by atoms with Crippen molar-refractivity contribution < 1.29 is 13.9 Å². The highest BCUT2D eigenvalue weighted by molar-refractivity contribution is 9.10. The van der Waals surface area contributed by atoms with Crippen LogP contribution in [0.2, 0.25) is 0 Å². The first-order valence-corrected chi connectivity index (χ1v) is 7.64. The van der Waals surface area contributed by atoms with E-state index in [-0.39, 0.29) is 0 Å². The average Bonchev–Trinajstić information content (AvgIpc) is 2.74. The predicted molar refractivity (Wildman–Crippen MR) is 84.3 cm³/mol. The smallest absolute Gasteiger partial charge is 0.407 e. The Kier molecular flexibility index (Phi) is 4.88. The number of carbonyl (C=O) groups is 1. The largest absolute Gasteiger partial charge is 0.444 e. The Labute approximate surface area is 132 Å². The first-order chi connectivity index (χ1) is 9.83. The van der Waals surface area contributed by atoms with Crippen LogP contribution in [-0.2, 0) is 11.2 Å². The van der Waals surface area contributed by atoms with E-state index in [1.54, 1.807) is 0 Å². The molecule has 1 N–H and O–H groups in total. The van der Waals surface area contributed by atoms with E-state index in [1.165, 1.54) is 0 Å². The minimum Gasteiger partial charge on any atom is -0.444 e. The second-order valence-electron chi connectivity index (χ2n) is 5.75. The number of hydrogen-bond acceptors (Lipinski definition) is 4. The summed E-state index contributed by atoms with van der Waals surface area (Å²) in [5.74, 6) is 0.675. The highest BCUT2D eigenvalue weighted by atomic mass is 79.9. The van der Waals surface area contributed by atoms with Crippen LogP contribution < -0.4 is 5.32 Å². The van der Waals surface area contributed by atoms with E-state index in [4.69, 9.17) is 9.15 Å². The quantitative estimate of drug-likeness (QED) is 0.841. The number of hydrogen-bond donors (Lipinski definition) is 1. The molecule has 1 amide bonds. The second-order valence-corrected chi connectivity index (χ2v) is 6.67. The van der Waals surface area contributed by atoms with Gasteiger partial charge in [-0.3, -0.25) is 0 Å². The highest BCUT2D eigenvalue weighted by Crippen LogP contribution is 2.20. The summed E-state index contributed by atoms with van der Waals surface area (Å²) >= 11 is 3.40. The topological polar surface area (TPSA) is 64.4 Å². The van der Waals surface area contributed by atoms with E-state index in [1.807, 2.05) is 39.0 Å². The lowest BCUT2D eigenvalue weighted by Crippen LogP contribution is -2.33. The van der Waals surface area contributed by atoms with E-state index < -0.39 is 11.7 Å². The van der Waals surface area contributed by atoms with Gasteiger partial charge in [0, 0.05) is 17.4 Å². The molecule has 2 rings (SSSR count). The van der Waals surface area contributed by atoms with Gasteiger partial charge < -0.3 is 14.5 Å². The van der Waals surface area contributed by atoms with E-state index in [2.05, 4.69) is 26.2 Å². The van der Waals surface area contributed by atoms with Gasteiger partial charge in [-0.2, -0.15) is 0 Å². The maximum atomic E-state index is 11.5. The Morgan fingerprint density at radius 1 is 1.43 bits per heavy atom. The van der Waals surface area contributed by atoms with Crippen LogP contribution in [0.5, 0.6) is 0 Å². The van der Waals surface area contributed by atoms with Crippen LogP contribution in [0.3, 0.4) is 0 Å². The summed E-state index contributed by atoms with van der Waals surface area (Å²) in [6, 6.07) is 5.72. The summed E-state index contributed by atoms with van der Waals surface area (Å²) in [5, 5.41) is 2.71. The van der Waals surface area contributed by atoms with E-state index in [9.17, 15) is 4.79 Å². The van der Waals surface area contributed by atoms with Crippen LogP contribution in [0, 0.1) is 0 Å². The van der Waals surface area contributed by atoms with Gasteiger partial charge in [-0.1, -0.05) is 15.9 Å². The zero-order chi connectivity index (χ0) is 15.5. The lowest BCUT2D eigenvalue weighted by molar-refractivity contribution is 0.0527. The number of aryl methyl sites for hydroxylation is 1. The molecule has 5 nitrogen and oxygen atoms in total. The molecule has 0 aliphatic carbocycles. The number of halogens is 1. The Balaban J connectivity index is 1.79. The fourth-order valence-electron chi connectivity index (χ4n) is 1.80. The van der Waals surface area contributed by atoms with Crippen LogP contribution in [0.15, 0.2) is 27.1 Å². The number of rotatable bonds is 4. The van der Waals surface area contributed by atoms with Crippen LogP contribution in [-0.4, -0.2) is 23.2 Å². The zero-order valence-corrected chi connectivity index (χ0v) is 14.0. The normalized spacial score (nSPS) is 11.6. The van der Waals surface area contributed by atoms with Crippen molar-refractivity contribution in [1.82, 2.24) is 10.3 Å². The van der Waals surface area contributed by atoms with E-state index >= 15 is 0 Å². The molecular weight excluding hydrogens is 336 g/mol. The van der Waals surface area contributed by atoms with Gasteiger partial charge in [0.05, 0.1) is 0 Å². The number of nitrogens with zero attached hydrogens (tertiary/aromatic N) is 1. The first-order valence-electron chi connectivity index (χ1n) is 6.85. The van der Waals surface area contributed by atoms with Crippen molar-refractivity contribution in [1.29, 1.82) is 0 Å². The van der Waals surface area contributed by atoms with Gasteiger partial charge in [-0.05, 0) is 45.4 Å². The van der Waals surface area contributed by atoms with Gasteiger partial charge in [0.25, 0.3) is 0 Å². The molecule has 21 heavy (non-hydrogen) atoms. The number of alkyl carbamates (subject to hydrolysis) is 1. The zero-order valence-electron chi connectivity index (χ0n) is 12.4. The van der Waals surface area contributed by atoms with Crippen LogP contribution >= 0.6 is 15.9 Å². The Morgan fingerprint density at radius 2 is 2.19 bits per heavy atom. The van der Waals surface area contributed by atoms with Gasteiger partial charge in [0.2, 0.25) is 0 Å². The highest BCUT2D eigenvalue weighted by Gasteiger charge is 2.15. The molecule has 0 aliphatic heterocycles. The summed E-state index contributed by atoms with van der Waals surface area (Å²) in [6.07, 6.45) is 1.01. The molecule has 114 valence electrons. The fraction of sp³-hybridized carbons (Fsp3) is 0.467.